The van der Waals surface area contributed by atoms with Crippen LogP contribution in [0.2, 0.25) is 0 Å². The summed E-state index contributed by atoms with van der Waals surface area (Å²) in [5.41, 5.74) is 3.76. The van der Waals surface area contributed by atoms with Crippen LogP contribution in [0, 0.1) is 13.8 Å². The van der Waals surface area contributed by atoms with Crippen LogP contribution in [0.1, 0.15) is 49.7 Å². The van der Waals surface area contributed by atoms with Crippen LogP contribution in [0.5, 0.6) is 0 Å². The van der Waals surface area contributed by atoms with Crippen molar-refractivity contribution in [3.63, 3.8) is 0 Å². The highest BCUT2D eigenvalue weighted by molar-refractivity contribution is 7.93. The van der Waals surface area contributed by atoms with E-state index in [9.17, 15) is 18.0 Å². The van der Waals surface area contributed by atoms with Crippen LogP contribution in [0.4, 0.5) is 5.69 Å². The number of aryl methyl sites for hydroxylation is 2. The summed E-state index contributed by atoms with van der Waals surface area (Å²) in [6.45, 7) is 3.72. The normalized spacial score (nSPS) is 16.9. The van der Waals surface area contributed by atoms with Gasteiger partial charge in [-0.2, -0.15) is 0 Å². The third-order valence-electron chi connectivity index (χ3n) is 6.93. The molecule has 37 heavy (non-hydrogen) atoms. The molecule has 5 rings (SSSR count). The molecule has 6 heteroatoms. The van der Waals surface area contributed by atoms with Gasteiger partial charge in [-0.3, -0.25) is 13.9 Å². The highest BCUT2D eigenvalue weighted by atomic mass is 32.2. The molecule has 2 atom stereocenters. The molecule has 1 aliphatic rings. The van der Waals surface area contributed by atoms with E-state index >= 15 is 0 Å². The number of benzene rings is 4. The van der Waals surface area contributed by atoms with E-state index in [1.54, 1.807) is 72.8 Å². The van der Waals surface area contributed by atoms with E-state index in [4.69, 9.17) is 0 Å². The predicted octanol–water partition coefficient (Wildman–Crippen LogP) is 6.12. The van der Waals surface area contributed by atoms with Crippen LogP contribution in [0.25, 0.3) is 0 Å². The lowest BCUT2D eigenvalue weighted by Crippen LogP contribution is -2.45. The Labute approximate surface area is 217 Å². The Hall–Kier alpha value is -4.03. The predicted molar refractivity (Wildman–Crippen MR) is 145 cm³/mol. The van der Waals surface area contributed by atoms with E-state index in [0.717, 1.165) is 11.1 Å². The molecule has 0 spiro atoms. The first-order valence-corrected chi connectivity index (χ1v) is 13.6. The zero-order chi connectivity index (χ0) is 26.2. The topological polar surface area (TPSA) is 71.5 Å². The van der Waals surface area contributed by atoms with Crippen molar-refractivity contribution in [2.75, 3.05) is 4.31 Å². The number of ketones is 2. The second kappa shape index (κ2) is 9.79. The molecule has 0 radical (unpaired) electrons. The van der Waals surface area contributed by atoms with Crippen molar-refractivity contribution in [2.45, 2.75) is 37.1 Å². The van der Waals surface area contributed by atoms with Crippen molar-refractivity contribution in [1.82, 2.24) is 0 Å². The van der Waals surface area contributed by atoms with Gasteiger partial charge < -0.3 is 0 Å². The number of Topliss-reactive ketones (excluding diaryl/α,β-unsaturated/α-hetero) is 2. The molecular formula is C31H27NO4S. The third-order valence-corrected chi connectivity index (χ3v) is 8.72. The first-order chi connectivity index (χ1) is 17.8. The second-order valence-electron chi connectivity index (χ2n) is 9.40. The summed E-state index contributed by atoms with van der Waals surface area (Å²) in [6, 6.07) is 28.6. The summed E-state index contributed by atoms with van der Waals surface area (Å²) >= 11 is 0. The second-order valence-corrected chi connectivity index (χ2v) is 11.2. The van der Waals surface area contributed by atoms with Crippen molar-refractivity contribution in [3.8, 4) is 0 Å². The van der Waals surface area contributed by atoms with Gasteiger partial charge in [0, 0.05) is 23.5 Å². The molecule has 0 fully saturated rings. The zero-order valence-electron chi connectivity index (χ0n) is 20.7. The number of carbonyl (C=O) groups is 2. The number of carbonyl (C=O) groups excluding carboxylic acids is 2. The molecule has 0 aromatic heterocycles. The van der Waals surface area contributed by atoms with Gasteiger partial charge in [0.15, 0.2) is 11.6 Å². The molecule has 5 nitrogen and oxygen atoms in total. The average molecular weight is 510 g/mol. The Morgan fingerprint density at radius 3 is 1.95 bits per heavy atom. The molecule has 1 heterocycles. The molecule has 4 aromatic carbocycles. The minimum atomic E-state index is -4.13. The number of hydrogen-bond donors (Lipinski definition) is 0. The van der Waals surface area contributed by atoms with E-state index in [1.165, 1.54) is 4.31 Å². The van der Waals surface area contributed by atoms with Gasteiger partial charge in [0.1, 0.15) is 6.04 Å². The van der Waals surface area contributed by atoms with Crippen LogP contribution >= 0.6 is 0 Å². The van der Waals surface area contributed by atoms with Gasteiger partial charge in [-0.1, -0.05) is 96.6 Å². The number of rotatable bonds is 7. The number of hydrogen-bond acceptors (Lipinski definition) is 4. The van der Waals surface area contributed by atoms with Crippen LogP contribution in [0.15, 0.2) is 108 Å². The minimum Gasteiger partial charge on any atom is -0.294 e. The van der Waals surface area contributed by atoms with Crippen molar-refractivity contribution < 1.29 is 18.0 Å². The summed E-state index contributed by atoms with van der Waals surface area (Å²) in [4.78, 5) is 27.6. The van der Waals surface area contributed by atoms with Gasteiger partial charge in [-0.25, -0.2) is 8.42 Å². The van der Waals surface area contributed by atoms with E-state index in [1.807, 2.05) is 44.2 Å². The molecule has 4 aromatic rings. The number of anilines is 1. The number of sulfonamides is 1. The fourth-order valence-corrected chi connectivity index (χ4v) is 6.81. The van der Waals surface area contributed by atoms with Crippen LogP contribution < -0.4 is 4.31 Å². The zero-order valence-corrected chi connectivity index (χ0v) is 21.5. The maximum Gasteiger partial charge on any atom is 0.265 e. The van der Waals surface area contributed by atoms with Crippen LogP contribution in [-0.2, 0) is 10.0 Å². The summed E-state index contributed by atoms with van der Waals surface area (Å²) in [5.74, 6) is -1.12. The largest absolute Gasteiger partial charge is 0.294 e. The van der Waals surface area contributed by atoms with Crippen molar-refractivity contribution in [1.29, 1.82) is 0 Å². The maximum atomic E-state index is 14.2. The summed E-state index contributed by atoms with van der Waals surface area (Å²) in [5, 5.41) is 0. The van der Waals surface area contributed by atoms with E-state index in [2.05, 4.69) is 0 Å². The van der Waals surface area contributed by atoms with Crippen molar-refractivity contribution in [3.05, 3.63) is 131 Å². The lowest BCUT2D eigenvalue weighted by Gasteiger charge is -2.29. The average Bonchev–Trinajstić information content (AvgIpc) is 3.25. The highest BCUT2D eigenvalue weighted by Crippen LogP contribution is 2.48. The molecule has 0 saturated carbocycles. The van der Waals surface area contributed by atoms with Gasteiger partial charge in [0.05, 0.1) is 10.6 Å². The minimum absolute atomic E-state index is 0.00360. The maximum absolute atomic E-state index is 14.2. The summed E-state index contributed by atoms with van der Waals surface area (Å²) in [7, 11) is -4.13. The van der Waals surface area contributed by atoms with Crippen molar-refractivity contribution in [2.24, 2.45) is 0 Å². The molecule has 0 saturated heterocycles. The Morgan fingerprint density at radius 1 is 0.730 bits per heavy atom. The van der Waals surface area contributed by atoms with Crippen molar-refractivity contribution >= 4 is 27.3 Å². The summed E-state index contributed by atoms with van der Waals surface area (Å²) < 4.78 is 29.7. The monoisotopic (exact) mass is 509 g/mol. The standard InChI is InChI=1S/C31H27NO4S/c1-21-16-18-25(19-17-21)37(35,36)32-29-22(2)10-9-15-26(29)27(20-28(33)23-11-5-3-6-12-23)30(32)31(34)24-13-7-4-8-14-24/h3-19,27,30H,20H2,1-2H3/t27-,30+/m1/s1. The lowest BCUT2D eigenvalue weighted by atomic mass is 9.85. The Kier molecular flexibility index (Phi) is 6.52. The number of para-hydroxylation sites is 1. The molecule has 0 amide bonds. The van der Waals surface area contributed by atoms with Crippen LogP contribution in [-0.4, -0.2) is 26.0 Å². The quantitative estimate of drug-likeness (QED) is 0.281. The molecule has 0 aliphatic carbocycles. The SMILES string of the molecule is Cc1ccc(S(=O)(=O)N2c3c(C)cccc3[C@@H](CC(=O)c3ccccc3)[C@H]2C(=O)c2ccccc2)cc1. The number of nitrogens with zero attached hydrogens (tertiary/aromatic N) is 1. The van der Waals surface area contributed by atoms with E-state index in [0.29, 0.717) is 22.4 Å². The van der Waals surface area contributed by atoms with Gasteiger partial charge >= 0.3 is 0 Å². The van der Waals surface area contributed by atoms with E-state index in [-0.39, 0.29) is 22.9 Å². The molecular weight excluding hydrogens is 482 g/mol. The molecule has 0 unspecified atom stereocenters. The molecule has 0 bridgehead atoms. The first-order valence-electron chi connectivity index (χ1n) is 12.2. The fourth-order valence-electron chi connectivity index (χ4n) is 5.07. The molecule has 1 aliphatic heterocycles. The van der Waals surface area contributed by atoms with Gasteiger partial charge in [-0.05, 0) is 37.1 Å². The van der Waals surface area contributed by atoms with Gasteiger partial charge in [-0.15, -0.1) is 0 Å². The van der Waals surface area contributed by atoms with Gasteiger partial charge in [0.25, 0.3) is 10.0 Å². The highest BCUT2D eigenvalue weighted by Gasteiger charge is 2.49. The fraction of sp³-hybridized carbons (Fsp3) is 0.161. The summed E-state index contributed by atoms with van der Waals surface area (Å²) in [6.07, 6.45) is 0.00360. The molecule has 0 N–H and O–H groups in total. The Bertz CT molecular complexity index is 1560. The van der Waals surface area contributed by atoms with E-state index < -0.39 is 22.0 Å². The third kappa shape index (κ3) is 4.49. The van der Waals surface area contributed by atoms with Crippen LogP contribution in [0.3, 0.4) is 0 Å². The number of fused-ring (bicyclic) bond motifs is 1. The molecule has 186 valence electrons. The van der Waals surface area contributed by atoms with Gasteiger partial charge in [0.2, 0.25) is 0 Å². The Balaban J connectivity index is 1.70. The Morgan fingerprint density at radius 2 is 1.32 bits per heavy atom. The first kappa shape index (κ1) is 24.7. The smallest absolute Gasteiger partial charge is 0.265 e. The lowest BCUT2D eigenvalue weighted by molar-refractivity contribution is 0.0930.